The summed E-state index contributed by atoms with van der Waals surface area (Å²) in [6.07, 6.45) is 3.03. The number of fused-ring (bicyclic) bond motifs is 1. The summed E-state index contributed by atoms with van der Waals surface area (Å²) in [5.74, 6) is -1.11. The van der Waals surface area contributed by atoms with Crippen LogP contribution in [0.3, 0.4) is 0 Å². The van der Waals surface area contributed by atoms with Crippen molar-refractivity contribution in [3.63, 3.8) is 0 Å². The maximum atomic E-state index is 12.3. The molecule has 2 atom stereocenters. The summed E-state index contributed by atoms with van der Waals surface area (Å²) in [5, 5.41) is 12.0. The number of urea groups is 1. The number of imide groups is 1. The van der Waals surface area contributed by atoms with Gasteiger partial charge < -0.3 is 15.3 Å². The fourth-order valence-corrected chi connectivity index (χ4v) is 4.06. The molecule has 0 spiro atoms. The molecule has 0 bridgehead atoms. The van der Waals surface area contributed by atoms with E-state index in [9.17, 15) is 24.3 Å². The van der Waals surface area contributed by atoms with E-state index in [4.69, 9.17) is 0 Å². The highest BCUT2D eigenvalue weighted by Crippen LogP contribution is 2.48. The Morgan fingerprint density at radius 1 is 1.35 bits per heavy atom. The molecule has 1 aliphatic carbocycles. The molecule has 2 heterocycles. The first-order valence-electron chi connectivity index (χ1n) is 8.03. The maximum Gasteiger partial charge on any atom is 0.324 e. The molecule has 0 unspecified atom stereocenters. The summed E-state index contributed by atoms with van der Waals surface area (Å²) >= 11 is 0. The predicted octanol–water partition coefficient (Wildman–Crippen LogP) is 0.0317. The summed E-state index contributed by atoms with van der Waals surface area (Å²) in [6.45, 7) is 1.03. The van der Waals surface area contributed by atoms with Crippen LogP contribution in [-0.2, 0) is 14.4 Å². The molecule has 8 nitrogen and oxygen atoms in total. The topological polar surface area (TPSA) is 107 Å². The molecular formula is C15H21N3O5. The molecule has 0 aromatic rings. The number of nitrogens with zero attached hydrogens (tertiary/aromatic N) is 2. The van der Waals surface area contributed by atoms with Crippen LogP contribution in [0.5, 0.6) is 0 Å². The largest absolute Gasteiger partial charge is 0.481 e. The van der Waals surface area contributed by atoms with Crippen molar-refractivity contribution in [2.75, 3.05) is 26.2 Å². The minimum Gasteiger partial charge on any atom is -0.481 e. The fraction of sp³-hybridized carbons (Fsp3) is 0.733. The van der Waals surface area contributed by atoms with Crippen molar-refractivity contribution in [1.29, 1.82) is 0 Å². The minimum atomic E-state index is -0.797. The second-order valence-corrected chi connectivity index (χ2v) is 6.63. The Morgan fingerprint density at radius 2 is 2.13 bits per heavy atom. The lowest BCUT2D eigenvalue weighted by Gasteiger charge is -2.23. The van der Waals surface area contributed by atoms with Gasteiger partial charge in [0.05, 0.1) is 12.0 Å². The average Bonchev–Trinajstić information content (AvgIpc) is 3.14. The SMILES string of the molecule is O=C(CCCN1C(=O)CNC1=O)N1C[C@@H]2CCC[C@@]2(C(=O)O)C1. The molecule has 4 amide bonds. The normalized spacial score (nSPS) is 29.8. The zero-order valence-electron chi connectivity index (χ0n) is 12.9. The van der Waals surface area contributed by atoms with E-state index in [0.29, 0.717) is 19.4 Å². The number of carboxylic acids is 1. The molecule has 3 fully saturated rings. The second kappa shape index (κ2) is 5.82. The fourth-order valence-electron chi connectivity index (χ4n) is 4.06. The van der Waals surface area contributed by atoms with Crippen molar-refractivity contribution < 1.29 is 24.3 Å². The van der Waals surface area contributed by atoms with Crippen LogP contribution in [0.1, 0.15) is 32.1 Å². The number of carbonyl (C=O) groups excluding carboxylic acids is 3. The lowest BCUT2D eigenvalue weighted by atomic mass is 9.81. The van der Waals surface area contributed by atoms with Gasteiger partial charge in [0.15, 0.2) is 0 Å². The standard InChI is InChI=1S/C15H21N3O5/c19-11(4-2-6-18-12(20)7-16-14(18)23)17-8-10-3-1-5-15(10,9-17)13(21)22/h10H,1-9H2,(H,16,23)(H,21,22)/t10-,15+/m0/s1. The van der Waals surface area contributed by atoms with E-state index in [2.05, 4.69) is 5.32 Å². The van der Waals surface area contributed by atoms with Gasteiger partial charge in [-0.25, -0.2) is 4.79 Å². The first kappa shape index (κ1) is 15.8. The van der Waals surface area contributed by atoms with Gasteiger partial charge in [-0.2, -0.15) is 0 Å². The number of hydrogen-bond acceptors (Lipinski definition) is 4. The van der Waals surface area contributed by atoms with Gasteiger partial charge in [-0.1, -0.05) is 6.42 Å². The lowest BCUT2D eigenvalue weighted by molar-refractivity contribution is -0.149. The Bertz CT molecular complexity index is 547. The Hall–Kier alpha value is -2.12. The first-order valence-corrected chi connectivity index (χ1v) is 8.03. The summed E-state index contributed by atoms with van der Waals surface area (Å²) in [6, 6.07) is -0.414. The highest BCUT2D eigenvalue weighted by atomic mass is 16.4. The summed E-state index contributed by atoms with van der Waals surface area (Å²) in [7, 11) is 0. The zero-order valence-corrected chi connectivity index (χ0v) is 12.9. The predicted molar refractivity (Wildman–Crippen MR) is 78.3 cm³/mol. The van der Waals surface area contributed by atoms with Crippen LogP contribution in [-0.4, -0.2) is 64.9 Å². The molecule has 3 aliphatic rings. The Morgan fingerprint density at radius 3 is 2.74 bits per heavy atom. The van der Waals surface area contributed by atoms with E-state index >= 15 is 0 Å². The van der Waals surface area contributed by atoms with Crippen LogP contribution in [0.2, 0.25) is 0 Å². The van der Waals surface area contributed by atoms with Crippen molar-refractivity contribution >= 4 is 23.8 Å². The summed E-state index contributed by atoms with van der Waals surface area (Å²) < 4.78 is 0. The number of likely N-dealkylation sites (tertiary alicyclic amines) is 1. The van der Waals surface area contributed by atoms with Gasteiger partial charge in [0, 0.05) is 26.1 Å². The van der Waals surface area contributed by atoms with Crippen molar-refractivity contribution in [2.24, 2.45) is 11.3 Å². The van der Waals surface area contributed by atoms with E-state index < -0.39 is 17.4 Å². The molecule has 8 heteroatoms. The van der Waals surface area contributed by atoms with Gasteiger partial charge in [0.25, 0.3) is 0 Å². The van der Waals surface area contributed by atoms with Gasteiger partial charge in [-0.15, -0.1) is 0 Å². The van der Waals surface area contributed by atoms with Gasteiger partial charge in [0.1, 0.15) is 0 Å². The smallest absolute Gasteiger partial charge is 0.324 e. The first-order chi connectivity index (χ1) is 10.9. The molecule has 2 N–H and O–H groups in total. The van der Waals surface area contributed by atoms with Crippen LogP contribution in [0.15, 0.2) is 0 Å². The van der Waals surface area contributed by atoms with E-state index in [0.717, 1.165) is 17.7 Å². The zero-order chi connectivity index (χ0) is 16.6. The average molecular weight is 323 g/mol. The summed E-state index contributed by atoms with van der Waals surface area (Å²) in [5.41, 5.74) is -0.763. The van der Waals surface area contributed by atoms with Crippen molar-refractivity contribution in [1.82, 2.24) is 15.1 Å². The highest BCUT2D eigenvalue weighted by Gasteiger charge is 2.55. The summed E-state index contributed by atoms with van der Waals surface area (Å²) in [4.78, 5) is 49.5. The number of aliphatic carboxylic acids is 1. The van der Waals surface area contributed by atoms with Crippen LogP contribution in [0, 0.1) is 11.3 Å². The lowest BCUT2D eigenvalue weighted by Crippen LogP contribution is -2.37. The molecule has 126 valence electrons. The molecule has 0 radical (unpaired) electrons. The molecule has 2 saturated heterocycles. The van der Waals surface area contributed by atoms with E-state index in [-0.39, 0.29) is 43.8 Å². The third-order valence-corrected chi connectivity index (χ3v) is 5.36. The Balaban J connectivity index is 1.51. The van der Waals surface area contributed by atoms with Gasteiger partial charge in [-0.3, -0.25) is 19.3 Å². The van der Waals surface area contributed by atoms with E-state index in [1.807, 2.05) is 0 Å². The van der Waals surface area contributed by atoms with Gasteiger partial charge in [-0.05, 0) is 25.2 Å². The molecular weight excluding hydrogens is 302 g/mol. The Labute approximate surface area is 133 Å². The molecule has 23 heavy (non-hydrogen) atoms. The number of carboxylic acid groups (broad SMARTS) is 1. The Kier molecular flexibility index (Phi) is 3.99. The third kappa shape index (κ3) is 2.66. The molecule has 0 aromatic heterocycles. The van der Waals surface area contributed by atoms with Crippen LogP contribution in [0.25, 0.3) is 0 Å². The number of nitrogens with one attached hydrogen (secondary N) is 1. The van der Waals surface area contributed by atoms with E-state index in [1.165, 1.54) is 0 Å². The minimum absolute atomic E-state index is 0.0156. The quantitative estimate of drug-likeness (QED) is 0.694. The number of carbonyl (C=O) groups is 4. The van der Waals surface area contributed by atoms with Gasteiger partial charge >= 0.3 is 12.0 Å². The molecule has 0 aromatic carbocycles. The molecule has 2 aliphatic heterocycles. The number of hydrogen-bond donors (Lipinski definition) is 2. The third-order valence-electron chi connectivity index (χ3n) is 5.36. The molecule has 3 rings (SSSR count). The maximum absolute atomic E-state index is 12.3. The highest BCUT2D eigenvalue weighted by molar-refractivity contribution is 6.01. The number of amides is 4. The van der Waals surface area contributed by atoms with Crippen molar-refractivity contribution in [3.8, 4) is 0 Å². The monoisotopic (exact) mass is 323 g/mol. The van der Waals surface area contributed by atoms with Crippen LogP contribution >= 0.6 is 0 Å². The van der Waals surface area contributed by atoms with Crippen LogP contribution in [0.4, 0.5) is 4.79 Å². The van der Waals surface area contributed by atoms with Crippen molar-refractivity contribution in [3.05, 3.63) is 0 Å². The van der Waals surface area contributed by atoms with Crippen LogP contribution < -0.4 is 5.32 Å². The number of rotatable bonds is 5. The molecule has 1 saturated carbocycles. The van der Waals surface area contributed by atoms with Gasteiger partial charge in [0.2, 0.25) is 11.8 Å². The van der Waals surface area contributed by atoms with Crippen molar-refractivity contribution in [2.45, 2.75) is 32.1 Å². The van der Waals surface area contributed by atoms with E-state index in [1.54, 1.807) is 4.90 Å². The second-order valence-electron chi connectivity index (χ2n) is 6.63.